The first-order valence-electron chi connectivity index (χ1n) is 8.12. The van der Waals surface area contributed by atoms with Crippen LogP contribution < -0.4 is 4.74 Å². The molecule has 0 aliphatic carbocycles. The van der Waals surface area contributed by atoms with Crippen LogP contribution in [-0.4, -0.2) is 32.7 Å². The first-order chi connectivity index (χ1) is 12.2. The summed E-state index contributed by atoms with van der Waals surface area (Å²) in [5.74, 6) is 0.763. The molecule has 1 atom stereocenters. The maximum atomic E-state index is 12.6. The summed E-state index contributed by atoms with van der Waals surface area (Å²) >= 11 is 0. The van der Waals surface area contributed by atoms with E-state index < -0.39 is 0 Å². The van der Waals surface area contributed by atoms with Crippen molar-refractivity contribution in [3.63, 3.8) is 0 Å². The molecule has 1 amide bonds. The Labute approximate surface area is 145 Å². The molecular weight excluding hydrogens is 316 g/mol. The molecule has 1 aliphatic rings. The number of rotatable bonds is 4. The number of pyridine rings is 1. The van der Waals surface area contributed by atoms with E-state index in [1.165, 1.54) is 0 Å². The molecule has 3 heterocycles. The van der Waals surface area contributed by atoms with E-state index in [1.807, 2.05) is 48.4 Å². The molecule has 0 saturated carbocycles. The van der Waals surface area contributed by atoms with Gasteiger partial charge in [0.15, 0.2) is 0 Å². The van der Waals surface area contributed by atoms with Crippen LogP contribution in [0.5, 0.6) is 5.75 Å². The number of amides is 1. The molecule has 6 nitrogen and oxygen atoms in total. The molecule has 126 valence electrons. The third kappa shape index (κ3) is 2.55. The highest BCUT2D eigenvalue weighted by Crippen LogP contribution is 2.30. The minimum absolute atomic E-state index is 0.0145. The van der Waals surface area contributed by atoms with Crippen molar-refractivity contribution in [1.29, 1.82) is 0 Å². The molecule has 2 aromatic heterocycles. The van der Waals surface area contributed by atoms with E-state index in [-0.39, 0.29) is 11.9 Å². The van der Waals surface area contributed by atoms with Crippen LogP contribution in [0.4, 0.5) is 0 Å². The third-order valence-corrected chi connectivity index (χ3v) is 4.59. The van der Waals surface area contributed by atoms with Gasteiger partial charge in [-0.15, -0.1) is 0 Å². The van der Waals surface area contributed by atoms with Crippen LogP contribution in [0.2, 0.25) is 0 Å². The first-order valence-corrected chi connectivity index (χ1v) is 8.12. The van der Waals surface area contributed by atoms with Crippen LogP contribution >= 0.6 is 0 Å². The lowest BCUT2D eigenvalue weighted by atomic mass is 10.1. The number of hydrogen-bond acceptors (Lipinski definition) is 4. The fourth-order valence-corrected chi connectivity index (χ4v) is 3.14. The van der Waals surface area contributed by atoms with Crippen molar-refractivity contribution in [1.82, 2.24) is 19.7 Å². The Morgan fingerprint density at radius 1 is 1.20 bits per heavy atom. The zero-order chi connectivity index (χ0) is 17.4. The zero-order valence-electron chi connectivity index (χ0n) is 14.1. The molecule has 25 heavy (non-hydrogen) atoms. The van der Waals surface area contributed by atoms with E-state index in [2.05, 4.69) is 10.1 Å². The van der Waals surface area contributed by atoms with Crippen LogP contribution in [0.3, 0.4) is 0 Å². The lowest BCUT2D eigenvalue weighted by Gasteiger charge is -2.22. The first kappa shape index (κ1) is 15.4. The summed E-state index contributed by atoms with van der Waals surface area (Å²) in [7, 11) is 1.64. The molecule has 0 saturated heterocycles. The van der Waals surface area contributed by atoms with Crippen LogP contribution in [-0.2, 0) is 6.54 Å². The van der Waals surface area contributed by atoms with Gasteiger partial charge < -0.3 is 9.64 Å². The lowest BCUT2D eigenvalue weighted by molar-refractivity contribution is 0.0715. The number of aromatic nitrogens is 3. The smallest absolute Gasteiger partial charge is 0.256 e. The van der Waals surface area contributed by atoms with E-state index in [0.29, 0.717) is 12.1 Å². The van der Waals surface area contributed by atoms with Crippen molar-refractivity contribution in [2.75, 3.05) is 7.11 Å². The van der Waals surface area contributed by atoms with Crippen molar-refractivity contribution in [3.8, 4) is 11.4 Å². The maximum absolute atomic E-state index is 12.6. The Morgan fingerprint density at radius 3 is 2.84 bits per heavy atom. The number of benzene rings is 1. The third-order valence-electron chi connectivity index (χ3n) is 4.59. The summed E-state index contributed by atoms with van der Waals surface area (Å²) in [5.41, 5.74) is 3.34. The van der Waals surface area contributed by atoms with Gasteiger partial charge in [0, 0.05) is 18.0 Å². The van der Waals surface area contributed by atoms with E-state index in [1.54, 1.807) is 30.3 Å². The average molecular weight is 334 g/mol. The highest BCUT2D eigenvalue weighted by Gasteiger charge is 2.32. The molecule has 6 heteroatoms. The summed E-state index contributed by atoms with van der Waals surface area (Å²) in [6.45, 7) is 2.53. The van der Waals surface area contributed by atoms with E-state index in [0.717, 1.165) is 22.7 Å². The number of fused-ring (bicyclic) bond motifs is 1. The van der Waals surface area contributed by atoms with Crippen molar-refractivity contribution >= 4 is 5.91 Å². The number of methoxy groups -OCH3 is 1. The molecule has 4 rings (SSSR count). The number of carbonyl (C=O) groups excluding carboxylic acids is 1. The molecule has 1 aromatic carbocycles. The van der Waals surface area contributed by atoms with Crippen molar-refractivity contribution in [3.05, 3.63) is 71.8 Å². The second-order valence-corrected chi connectivity index (χ2v) is 6.00. The molecule has 0 spiro atoms. The fraction of sp³-hybridized carbons (Fsp3) is 0.211. The van der Waals surface area contributed by atoms with Gasteiger partial charge in [0.2, 0.25) is 0 Å². The number of hydrogen-bond donors (Lipinski definition) is 0. The topological polar surface area (TPSA) is 60.2 Å². The molecule has 3 aromatic rings. The van der Waals surface area contributed by atoms with E-state index in [9.17, 15) is 4.79 Å². The highest BCUT2D eigenvalue weighted by molar-refractivity contribution is 5.97. The summed E-state index contributed by atoms with van der Waals surface area (Å²) in [4.78, 5) is 18.8. The van der Waals surface area contributed by atoms with Gasteiger partial charge in [-0.25, -0.2) is 4.68 Å². The van der Waals surface area contributed by atoms with Gasteiger partial charge >= 0.3 is 0 Å². The molecule has 0 N–H and O–H groups in total. The molecule has 0 radical (unpaired) electrons. The van der Waals surface area contributed by atoms with Gasteiger partial charge in [-0.3, -0.25) is 9.78 Å². The monoisotopic (exact) mass is 334 g/mol. The minimum Gasteiger partial charge on any atom is -0.494 e. The van der Waals surface area contributed by atoms with Gasteiger partial charge in [0.05, 0.1) is 37.2 Å². The zero-order valence-corrected chi connectivity index (χ0v) is 14.1. The van der Waals surface area contributed by atoms with Crippen LogP contribution in [0.1, 0.15) is 34.6 Å². The second-order valence-electron chi connectivity index (χ2n) is 6.00. The Hall–Kier alpha value is -3.15. The van der Waals surface area contributed by atoms with Gasteiger partial charge in [-0.1, -0.05) is 12.1 Å². The quantitative estimate of drug-likeness (QED) is 0.736. The average Bonchev–Trinajstić information content (AvgIpc) is 3.27. The van der Waals surface area contributed by atoms with Gasteiger partial charge in [-0.2, -0.15) is 5.10 Å². The number of ether oxygens (including phenoxy) is 1. The SMILES string of the molecule is COc1ccccc1-n1cc(C(C)N2Cc3ncccc3C2=O)cn1. The summed E-state index contributed by atoms with van der Waals surface area (Å²) in [6.07, 6.45) is 5.45. The van der Waals surface area contributed by atoms with Crippen molar-refractivity contribution in [2.24, 2.45) is 0 Å². The highest BCUT2D eigenvalue weighted by atomic mass is 16.5. The normalized spacial score (nSPS) is 14.5. The Bertz CT molecular complexity index is 934. The van der Waals surface area contributed by atoms with Gasteiger partial charge in [0.1, 0.15) is 11.4 Å². The Balaban J connectivity index is 1.62. The Morgan fingerprint density at radius 2 is 2.04 bits per heavy atom. The minimum atomic E-state index is -0.0924. The predicted molar refractivity (Wildman–Crippen MR) is 92.6 cm³/mol. The predicted octanol–water partition coefficient (Wildman–Crippen LogP) is 2.99. The number of carbonyl (C=O) groups is 1. The van der Waals surface area contributed by atoms with Crippen LogP contribution in [0.25, 0.3) is 5.69 Å². The van der Waals surface area contributed by atoms with Crippen LogP contribution in [0.15, 0.2) is 55.0 Å². The molecule has 0 bridgehead atoms. The summed E-state index contributed by atoms with van der Waals surface area (Å²) < 4.78 is 7.17. The Kier molecular flexibility index (Phi) is 3.72. The van der Waals surface area contributed by atoms with Crippen molar-refractivity contribution in [2.45, 2.75) is 19.5 Å². The largest absolute Gasteiger partial charge is 0.494 e. The summed E-state index contributed by atoms with van der Waals surface area (Å²) in [6, 6.07) is 11.2. The van der Waals surface area contributed by atoms with E-state index >= 15 is 0 Å². The maximum Gasteiger partial charge on any atom is 0.256 e. The lowest BCUT2D eigenvalue weighted by Crippen LogP contribution is -2.27. The molecular formula is C19H18N4O2. The summed E-state index contributed by atoms with van der Waals surface area (Å²) in [5, 5.41) is 4.44. The second kappa shape index (κ2) is 6.05. The van der Waals surface area contributed by atoms with Crippen molar-refractivity contribution < 1.29 is 9.53 Å². The van der Waals surface area contributed by atoms with E-state index in [4.69, 9.17) is 4.74 Å². The molecule has 1 aliphatic heterocycles. The molecule has 1 unspecified atom stereocenters. The van der Waals surface area contributed by atoms with Gasteiger partial charge in [0.25, 0.3) is 5.91 Å². The fourth-order valence-electron chi connectivity index (χ4n) is 3.14. The molecule has 0 fully saturated rings. The number of para-hydroxylation sites is 2. The van der Waals surface area contributed by atoms with Gasteiger partial charge in [-0.05, 0) is 31.2 Å². The van der Waals surface area contributed by atoms with Crippen LogP contribution in [0, 0.1) is 0 Å². The number of nitrogens with zero attached hydrogens (tertiary/aromatic N) is 4. The standard InChI is InChI=1S/C19H18N4O2/c1-13(22-12-16-15(19(22)24)6-5-9-20-16)14-10-21-23(11-14)17-7-3-4-8-18(17)25-2/h3-11,13H,12H2,1-2H3.